The minimum absolute atomic E-state index is 0.0623. The number of hydrogen-bond donors (Lipinski definition) is 16. The SMILES string of the molecule is CC1OC(OC2C(OC3C(OC4CCC5(C)C(CCC6(C)C5CC=C5C7CC(C)(C)C(O)C(OC8OCC(O)C(OC9OC(CO)C(O)C(O)C9O)C8O)C7(C)CCC56C)C4(C)CO)OC(C(=O)O)C(O)C3O)OCC(O)C2O)C(O)C(O)C1O. The first-order valence-electron chi connectivity index (χ1n) is 30.2. The first kappa shape index (κ1) is 66.1. The zero-order valence-corrected chi connectivity index (χ0v) is 49.5. The number of hydrogen-bond acceptors (Lipinski definition) is 26. The molecule has 0 aromatic heterocycles. The molecule has 5 aliphatic heterocycles. The third kappa shape index (κ3) is 10.8. The van der Waals surface area contributed by atoms with Crippen LogP contribution in [0, 0.1) is 50.2 Å². The Labute approximate surface area is 493 Å². The summed E-state index contributed by atoms with van der Waals surface area (Å²) in [7, 11) is 0. The van der Waals surface area contributed by atoms with Crippen LogP contribution in [-0.2, 0) is 52.2 Å². The van der Waals surface area contributed by atoms with Gasteiger partial charge in [0, 0.05) is 10.8 Å². The quantitative estimate of drug-likeness (QED) is 0.0631. The van der Waals surface area contributed by atoms with Crippen molar-refractivity contribution in [3.63, 3.8) is 0 Å². The minimum atomic E-state index is -2.08. The van der Waals surface area contributed by atoms with Gasteiger partial charge in [0.15, 0.2) is 37.6 Å². The molecule has 0 amide bonds. The highest BCUT2D eigenvalue weighted by molar-refractivity contribution is 5.73. The van der Waals surface area contributed by atoms with E-state index in [2.05, 4.69) is 33.8 Å². The van der Waals surface area contributed by atoms with Gasteiger partial charge in [0.2, 0.25) is 0 Å². The number of carbonyl (C=O) groups is 1. The van der Waals surface area contributed by atoms with Crippen LogP contribution >= 0.6 is 0 Å². The van der Waals surface area contributed by atoms with Gasteiger partial charge >= 0.3 is 5.97 Å². The second kappa shape index (κ2) is 24.0. The Hall–Kier alpha value is -1.79. The van der Waals surface area contributed by atoms with Crippen LogP contribution in [0.2, 0.25) is 0 Å². The fourth-order valence-corrected chi connectivity index (χ4v) is 17.6. The first-order valence-corrected chi connectivity index (χ1v) is 30.2. The minimum Gasteiger partial charge on any atom is -0.479 e. The van der Waals surface area contributed by atoms with Crippen LogP contribution < -0.4 is 0 Å². The Morgan fingerprint density at radius 2 is 1.18 bits per heavy atom. The van der Waals surface area contributed by atoms with Crippen molar-refractivity contribution >= 4 is 5.97 Å². The number of aliphatic hydroxyl groups excluding tert-OH is 15. The molecule has 0 radical (unpaired) electrons. The summed E-state index contributed by atoms with van der Waals surface area (Å²) in [4.78, 5) is 12.6. The van der Waals surface area contributed by atoms with E-state index < -0.39 is 200 Å². The van der Waals surface area contributed by atoms with Crippen molar-refractivity contribution in [2.45, 2.75) is 266 Å². The molecule has 0 aromatic carbocycles. The Balaban J connectivity index is 0.884. The van der Waals surface area contributed by atoms with E-state index in [0.29, 0.717) is 44.9 Å². The van der Waals surface area contributed by atoms with Gasteiger partial charge in [-0.2, -0.15) is 0 Å². The molecule has 4 saturated carbocycles. The largest absolute Gasteiger partial charge is 0.479 e. The highest BCUT2D eigenvalue weighted by atomic mass is 16.8. The van der Waals surface area contributed by atoms with Gasteiger partial charge in [0.25, 0.3) is 0 Å². The first-order chi connectivity index (χ1) is 39.7. The molecule has 10 aliphatic rings. The molecule has 9 fully saturated rings. The molecule has 5 saturated heterocycles. The summed E-state index contributed by atoms with van der Waals surface area (Å²) in [5.74, 6) is -1.89. The van der Waals surface area contributed by atoms with E-state index in [1.165, 1.54) is 12.5 Å². The summed E-state index contributed by atoms with van der Waals surface area (Å²) >= 11 is 0. The Morgan fingerprint density at radius 3 is 1.84 bits per heavy atom. The zero-order chi connectivity index (χ0) is 62.2. The molecule has 488 valence electrons. The van der Waals surface area contributed by atoms with Gasteiger partial charge in [-0.1, -0.05) is 60.1 Å². The van der Waals surface area contributed by atoms with Crippen LogP contribution in [0.3, 0.4) is 0 Å². The van der Waals surface area contributed by atoms with Crippen molar-refractivity contribution in [2.75, 3.05) is 26.4 Å². The highest BCUT2D eigenvalue weighted by Crippen LogP contribution is 2.76. The Kier molecular flexibility index (Phi) is 18.7. The summed E-state index contributed by atoms with van der Waals surface area (Å²) < 4.78 is 60.3. The molecule has 10 rings (SSSR count). The molecule has 34 unspecified atom stereocenters. The topological polar surface area (TPSA) is 433 Å². The molecular weight excluding hydrogens is 1130 g/mol. The average Bonchev–Trinajstić information content (AvgIpc) is 0.713. The maximum Gasteiger partial charge on any atom is 0.335 e. The van der Waals surface area contributed by atoms with Crippen molar-refractivity contribution in [3.8, 4) is 0 Å². The molecule has 0 bridgehead atoms. The van der Waals surface area contributed by atoms with Crippen LogP contribution in [0.25, 0.3) is 0 Å². The molecular formula is C58H94O27. The molecule has 27 heteroatoms. The second-order valence-electron chi connectivity index (χ2n) is 28.3. The van der Waals surface area contributed by atoms with E-state index in [9.17, 15) is 86.5 Å². The maximum absolute atomic E-state index is 12.6. The molecule has 34 atom stereocenters. The summed E-state index contributed by atoms with van der Waals surface area (Å²) in [6.07, 6.45) is -34.3. The lowest BCUT2D eigenvalue weighted by molar-refractivity contribution is -0.387. The average molecular weight is 1220 g/mol. The van der Waals surface area contributed by atoms with Crippen molar-refractivity contribution in [1.82, 2.24) is 0 Å². The van der Waals surface area contributed by atoms with Crippen molar-refractivity contribution in [3.05, 3.63) is 11.6 Å². The standard InChI is InChI=1S/C58H94O27/c1-22-31(63)34(66)38(70)49(78-22)83-43-32(64)25(61)19-77-51(43)84-44-37(69)36(68)42(47(74)75)82-52(44)80-30-12-13-55(5)28(56(30,6)21-60)11-14-58(8)29(55)10-9-23-24-17-53(2,3)45(73)46(54(24,4)15-16-57(23,58)7)85-48-40(72)41(26(62)20-76-48)81-50-39(71)35(67)33(65)27(18-59)79-50/h9,22,24-46,48-52,59-73H,10-21H2,1-8H3,(H,74,75). The fourth-order valence-electron chi connectivity index (χ4n) is 17.6. The van der Waals surface area contributed by atoms with E-state index in [1.54, 1.807) is 0 Å². The Bertz CT molecular complexity index is 2390. The van der Waals surface area contributed by atoms with Crippen LogP contribution in [0.5, 0.6) is 0 Å². The number of ether oxygens (including phenoxy) is 10. The van der Waals surface area contributed by atoms with E-state index in [0.717, 1.165) is 6.42 Å². The number of carboxylic acid groups (broad SMARTS) is 1. The number of rotatable bonds is 13. The van der Waals surface area contributed by atoms with Crippen LogP contribution in [0.15, 0.2) is 11.6 Å². The summed E-state index contributed by atoms with van der Waals surface area (Å²) in [5, 5.41) is 175. The van der Waals surface area contributed by atoms with Crippen LogP contribution in [0.4, 0.5) is 0 Å². The smallest absolute Gasteiger partial charge is 0.335 e. The number of allylic oxidation sites excluding steroid dienone is 2. The lowest BCUT2D eigenvalue weighted by Gasteiger charge is -2.72. The molecule has 5 aliphatic carbocycles. The molecule has 5 heterocycles. The highest BCUT2D eigenvalue weighted by Gasteiger charge is 2.71. The van der Waals surface area contributed by atoms with Crippen LogP contribution in [0.1, 0.15) is 107 Å². The second-order valence-corrected chi connectivity index (χ2v) is 28.3. The van der Waals surface area contributed by atoms with Crippen molar-refractivity contribution in [1.29, 1.82) is 0 Å². The molecule has 16 N–H and O–H groups in total. The summed E-state index contributed by atoms with van der Waals surface area (Å²) in [6.45, 7) is 14.3. The van der Waals surface area contributed by atoms with Gasteiger partial charge in [-0.25, -0.2) is 4.79 Å². The number of carboxylic acids is 1. The summed E-state index contributed by atoms with van der Waals surface area (Å²) in [6, 6.07) is 0. The van der Waals surface area contributed by atoms with Crippen LogP contribution in [-0.4, -0.2) is 274 Å². The number of fused-ring (bicyclic) bond motifs is 7. The fraction of sp³-hybridized carbons (Fsp3) is 0.948. The number of aliphatic carboxylic acids is 1. The third-order valence-electron chi connectivity index (χ3n) is 23.2. The van der Waals surface area contributed by atoms with E-state index in [-0.39, 0.29) is 41.8 Å². The normalized spacial score (nSPS) is 56.2. The number of aliphatic hydroxyl groups is 15. The molecule has 27 nitrogen and oxygen atoms in total. The third-order valence-corrected chi connectivity index (χ3v) is 23.2. The predicted molar refractivity (Wildman–Crippen MR) is 285 cm³/mol. The van der Waals surface area contributed by atoms with Gasteiger partial charge in [-0.3, -0.25) is 0 Å². The van der Waals surface area contributed by atoms with E-state index in [4.69, 9.17) is 47.4 Å². The lowest BCUT2D eigenvalue weighted by atomic mass is 9.33. The van der Waals surface area contributed by atoms with Gasteiger partial charge in [0.1, 0.15) is 97.7 Å². The van der Waals surface area contributed by atoms with E-state index in [1.807, 2.05) is 20.8 Å². The van der Waals surface area contributed by atoms with Gasteiger partial charge < -0.3 is 129 Å². The van der Waals surface area contributed by atoms with Gasteiger partial charge in [-0.15, -0.1) is 0 Å². The van der Waals surface area contributed by atoms with E-state index >= 15 is 0 Å². The van der Waals surface area contributed by atoms with Gasteiger partial charge in [-0.05, 0) is 97.7 Å². The molecule has 0 spiro atoms. The molecule has 0 aromatic rings. The Morgan fingerprint density at radius 1 is 0.565 bits per heavy atom. The van der Waals surface area contributed by atoms with Gasteiger partial charge in [0.05, 0.1) is 50.8 Å². The van der Waals surface area contributed by atoms with Crippen molar-refractivity contribution < 1.29 is 134 Å². The zero-order valence-electron chi connectivity index (χ0n) is 49.5. The maximum atomic E-state index is 12.6. The van der Waals surface area contributed by atoms with Crippen molar-refractivity contribution in [2.24, 2.45) is 50.2 Å². The lowest BCUT2D eigenvalue weighted by Crippen LogP contribution is -2.69. The molecule has 85 heavy (non-hydrogen) atoms. The summed E-state index contributed by atoms with van der Waals surface area (Å²) in [5.41, 5.74) is -2.35. The predicted octanol–water partition coefficient (Wildman–Crippen LogP) is -3.40. The monoisotopic (exact) mass is 1220 g/mol.